The quantitative estimate of drug-likeness (QED) is 0.410. The molecule has 5 nitrogen and oxygen atoms in total. The van der Waals surface area contributed by atoms with E-state index in [-0.39, 0.29) is 11.9 Å². The van der Waals surface area contributed by atoms with Gasteiger partial charge in [-0.25, -0.2) is 0 Å². The van der Waals surface area contributed by atoms with Crippen LogP contribution in [0, 0.1) is 5.92 Å². The van der Waals surface area contributed by atoms with E-state index in [1.807, 2.05) is 0 Å². The number of unbranched alkanes of at least 4 members (excludes halogenated alkanes) is 1. The Morgan fingerprint density at radius 2 is 1.70 bits per heavy atom. The SMILES string of the molecule is COC(=O)CCCCC(=O)OC[C@@H]1CCC[N+]2(C)CCCC[C@H]12. The number of methoxy groups -OCH3 is 1. The van der Waals surface area contributed by atoms with E-state index in [1.54, 1.807) is 0 Å². The van der Waals surface area contributed by atoms with E-state index >= 15 is 0 Å². The van der Waals surface area contributed by atoms with Crippen LogP contribution in [0.5, 0.6) is 0 Å². The predicted molar refractivity (Wildman–Crippen MR) is 87.7 cm³/mol. The maximum absolute atomic E-state index is 11.9. The Kier molecular flexibility index (Phi) is 6.88. The molecule has 0 aromatic rings. The second-order valence-corrected chi connectivity index (χ2v) is 7.36. The third-order valence-electron chi connectivity index (χ3n) is 5.71. The summed E-state index contributed by atoms with van der Waals surface area (Å²) in [6.07, 6.45) is 8.51. The lowest BCUT2D eigenvalue weighted by molar-refractivity contribution is -0.947. The molecule has 2 aliphatic rings. The molecule has 2 aliphatic heterocycles. The summed E-state index contributed by atoms with van der Waals surface area (Å²) in [5.41, 5.74) is 0. The summed E-state index contributed by atoms with van der Waals surface area (Å²) in [5, 5.41) is 0. The number of piperidine rings is 2. The molecular formula is C18H32NO4+. The zero-order chi connectivity index (χ0) is 16.7. The normalized spacial score (nSPS) is 30.3. The molecule has 0 spiro atoms. The molecule has 0 aromatic heterocycles. The Morgan fingerprint density at radius 1 is 1.00 bits per heavy atom. The van der Waals surface area contributed by atoms with Crippen molar-refractivity contribution >= 4 is 11.9 Å². The van der Waals surface area contributed by atoms with Crippen molar-refractivity contribution < 1.29 is 23.5 Å². The number of rotatable bonds is 7. The van der Waals surface area contributed by atoms with Crippen molar-refractivity contribution in [2.45, 2.75) is 63.8 Å². The number of esters is 2. The fourth-order valence-electron chi connectivity index (χ4n) is 4.34. The Labute approximate surface area is 139 Å². The van der Waals surface area contributed by atoms with Crippen LogP contribution in [-0.4, -0.2) is 56.3 Å². The van der Waals surface area contributed by atoms with Crippen LogP contribution in [0.2, 0.25) is 0 Å². The summed E-state index contributed by atoms with van der Waals surface area (Å²) in [6, 6.07) is 0.671. The van der Waals surface area contributed by atoms with Gasteiger partial charge in [-0.3, -0.25) is 9.59 Å². The van der Waals surface area contributed by atoms with Crippen LogP contribution in [0.3, 0.4) is 0 Å². The van der Waals surface area contributed by atoms with Gasteiger partial charge in [0.15, 0.2) is 0 Å². The van der Waals surface area contributed by atoms with Gasteiger partial charge in [0.2, 0.25) is 0 Å². The van der Waals surface area contributed by atoms with Crippen LogP contribution in [0.25, 0.3) is 0 Å². The van der Waals surface area contributed by atoms with Crippen LogP contribution >= 0.6 is 0 Å². The van der Waals surface area contributed by atoms with Gasteiger partial charge >= 0.3 is 11.9 Å². The number of hydrogen-bond donors (Lipinski definition) is 0. The van der Waals surface area contributed by atoms with E-state index < -0.39 is 0 Å². The number of hydrogen-bond acceptors (Lipinski definition) is 4. The number of carbonyl (C=O) groups excluding carboxylic acids is 2. The lowest BCUT2D eigenvalue weighted by atomic mass is 9.82. The van der Waals surface area contributed by atoms with Crippen molar-refractivity contribution in [2.24, 2.45) is 5.92 Å². The molecule has 23 heavy (non-hydrogen) atoms. The molecule has 132 valence electrons. The fourth-order valence-corrected chi connectivity index (χ4v) is 4.34. The first-order valence-electron chi connectivity index (χ1n) is 9.12. The minimum absolute atomic E-state index is 0.120. The van der Waals surface area contributed by atoms with E-state index in [0.717, 1.165) is 0 Å². The molecular weight excluding hydrogens is 294 g/mol. The van der Waals surface area contributed by atoms with Crippen molar-refractivity contribution in [1.29, 1.82) is 0 Å². The van der Waals surface area contributed by atoms with Gasteiger partial charge in [0.25, 0.3) is 0 Å². The van der Waals surface area contributed by atoms with Crippen molar-refractivity contribution in [1.82, 2.24) is 0 Å². The summed E-state index contributed by atoms with van der Waals surface area (Å²) in [4.78, 5) is 22.9. The summed E-state index contributed by atoms with van der Waals surface area (Å²) in [5.74, 6) is 0.188. The minimum Gasteiger partial charge on any atom is -0.469 e. The van der Waals surface area contributed by atoms with E-state index in [0.29, 0.717) is 44.2 Å². The van der Waals surface area contributed by atoms with E-state index in [4.69, 9.17) is 4.74 Å². The number of fused-ring (bicyclic) bond motifs is 1. The maximum Gasteiger partial charge on any atom is 0.305 e. The Hall–Kier alpha value is -1.10. The standard InChI is InChI=1S/C18H32NO4/c1-19-12-6-5-9-16(19)15(8-7-13-19)14-23-18(21)11-4-3-10-17(20)22-2/h15-16H,3-14H2,1-2H3/q+1/t15-,16+,19?/m0/s1. The highest BCUT2D eigenvalue weighted by atomic mass is 16.5. The smallest absolute Gasteiger partial charge is 0.305 e. The first-order chi connectivity index (χ1) is 11.0. The second kappa shape index (κ2) is 8.67. The fraction of sp³-hybridized carbons (Fsp3) is 0.889. The second-order valence-electron chi connectivity index (χ2n) is 7.36. The number of carbonyl (C=O) groups is 2. The third-order valence-corrected chi connectivity index (χ3v) is 5.71. The molecule has 2 heterocycles. The molecule has 0 amide bonds. The van der Waals surface area contributed by atoms with Gasteiger partial charge in [0, 0.05) is 25.2 Å². The van der Waals surface area contributed by atoms with Crippen molar-refractivity contribution in [3.05, 3.63) is 0 Å². The van der Waals surface area contributed by atoms with Crippen molar-refractivity contribution in [2.75, 3.05) is 33.9 Å². The lowest BCUT2D eigenvalue weighted by Gasteiger charge is -2.51. The van der Waals surface area contributed by atoms with Crippen LogP contribution in [0.4, 0.5) is 0 Å². The van der Waals surface area contributed by atoms with Gasteiger partial charge < -0.3 is 14.0 Å². The van der Waals surface area contributed by atoms with E-state index in [2.05, 4.69) is 11.8 Å². The highest BCUT2D eigenvalue weighted by Crippen LogP contribution is 2.36. The van der Waals surface area contributed by atoms with Crippen LogP contribution < -0.4 is 0 Å². The Morgan fingerprint density at radius 3 is 2.43 bits per heavy atom. The first-order valence-corrected chi connectivity index (χ1v) is 9.12. The molecule has 0 aromatic carbocycles. The summed E-state index contributed by atoms with van der Waals surface area (Å²) >= 11 is 0. The van der Waals surface area contributed by atoms with Crippen molar-refractivity contribution in [3.63, 3.8) is 0 Å². The van der Waals surface area contributed by atoms with Crippen LogP contribution in [0.15, 0.2) is 0 Å². The summed E-state index contributed by atoms with van der Waals surface area (Å²) in [7, 11) is 3.77. The average molecular weight is 326 g/mol. The van der Waals surface area contributed by atoms with Gasteiger partial charge in [-0.2, -0.15) is 0 Å². The Bertz CT molecular complexity index is 408. The van der Waals surface area contributed by atoms with Gasteiger partial charge in [-0.15, -0.1) is 0 Å². The van der Waals surface area contributed by atoms with Gasteiger partial charge in [0.05, 0.1) is 39.9 Å². The summed E-state index contributed by atoms with van der Waals surface area (Å²) in [6.45, 7) is 3.14. The molecule has 0 N–H and O–H groups in total. The van der Waals surface area contributed by atoms with Crippen LogP contribution in [-0.2, 0) is 19.1 Å². The average Bonchev–Trinajstić information content (AvgIpc) is 2.55. The molecule has 5 heteroatoms. The molecule has 2 fully saturated rings. The monoisotopic (exact) mass is 326 g/mol. The summed E-state index contributed by atoms with van der Waals surface area (Å²) < 4.78 is 11.3. The van der Waals surface area contributed by atoms with E-state index in [9.17, 15) is 9.59 Å². The third kappa shape index (κ3) is 5.20. The molecule has 2 saturated heterocycles. The predicted octanol–water partition coefficient (Wildman–Crippen LogP) is 2.67. The first kappa shape index (κ1) is 18.2. The number of ether oxygens (including phenoxy) is 2. The zero-order valence-corrected chi connectivity index (χ0v) is 14.7. The van der Waals surface area contributed by atoms with Gasteiger partial charge in [-0.1, -0.05) is 0 Å². The minimum atomic E-state index is -0.213. The zero-order valence-electron chi connectivity index (χ0n) is 14.7. The molecule has 1 unspecified atom stereocenters. The lowest BCUT2D eigenvalue weighted by Crippen LogP contribution is -2.61. The molecule has 3 atom stereocenters. The molecule has 0 radical (unpaired) electrons. The highest BCUT2D eigenvalue weighted by molar-refractivity contribution is 5.70. The highest BCUT2D eigenvalue weighted by Gasteiger charge is 2.43. The molecule has 0 bridgehead atoms. The largest absolute Gasteiger partial charge is 0.469 e. The maximum atomic E-state index is 11.9. The molecule has 2 rings (SSSR count). The number of nitrogens with zero attached hydrogens (tertiary/aromatic N) is 1. The number of quaternary nitrogens is 1. The molecule has 0 saturated carbocycles. The topological polar surface area (TPSA) is 52.6 Å². The van der Waals surface area contributed by atoms with Crippen LogP contribution in [0.1, 0.15) is 57.8 Å². The van der Waals surface area contributed by atoms with Crippen molar-refractivity contribution in [3.8, 4) is 0 Å². The van der Waals surface area contributed by atoms with Gasteiger partial charge in [0.1, 0.15) is 0 Å². The Balaban J connectivity index is 1.68. The van der Waals surface area contributed by atoms with E-state index in [1.165, 1.54) is 56.8 Å². The van der Waals surface area contributed by atoms with Gasteiger partial charge in [-0.05, 0) is 38.5 Å². The molecule has 0 aliphatic carbocycles.